The number of ether oxygens (including phenoxy) is 3. The lowest BCUT2D eigenvalue weighted by atomic mass is 9.43. The number of carbonyl (C=O) groups is 1. The molecule has 0 aromatic carbocycles. The zero-order chi connectivity index (χ0) is 24.1. The van der Waals surface area contributed by atoms with Crippen LogP contribution in [0.5, 0.6) is 0 Å². The van der Waals surface area contributed by atoms with Crippen molar-refractivity contribution >= 4 is 5.97 Å². The summed E-state index contributed by atoms with van der Waals surface area (Å²) in [4.78, 5) is 13.9. The SMILES string of the molecule is C[C@H]1C[C@]2(O[C@H]3CC4[C@@H]5CCC6C[C@H](O)CC[C@]6(C)C5[C@@H](O)C[C@@]45C(=O)O[C@]2(C)[C@@H]35)OC1(C)C. The van der Waals surface area contributed by atoms with Crippen LogP contribution in [-0.4, -0.2) is 51.5 Å². The first kappa shape index (κ1) is 22.5. The Labute approximate surface area is 203 Å². The smallest absolute Gasteiger partial charge is 0.313 e. The first-order valence-corrected chi connectivity index (χ1v) is 13.9. The van der Waals surface area contributed by atoms with Crippen LogP contribution in [0.4, 0.5) is 0 Å². The van der Waals surface area contributed by atoms with Crippen LogP contribution < -0.4 is 0 Å². The molecule has 0 radical (unpaired) electrons. The van der Waals surface area contributed by atoms with Crippen molar-refractivity contribution < 1.29 is 29.2 Å². The lowest BCUT2D eigenvalue weighted by molar-refractivity contribution is -0.291. The highest BCUT2D eigenvalue weighted by molar-refractivity contribution is 5.83. The van der Waals surface area contributed by atoms with Gasteiger partial charge >= 0.3 is 5.97 Å². The number of rotatable bonds is 0. The normalized spacial score (nSPS) is 63.3. The Balaban J connectivity index is 1.28. The summed E-state index contributed by atoms with van der Waals surface area (Å²) in [5, 5.41) is 22.1. The lowest BCUT2D eigenvalue weighted by Gasteiger charge is -2.61. The van der Waals surface area contributed by atoms with Crippen LogP contribution in [0.15, 0.2) is 0 Å². The molecule has 190 valence electrons. The fourth-order valence-corrected chi connectivity index (χ4v) is 10.9. The molecule has 3 saturated heterocycles. The van der Waals surface area contributed by atoms with E-state index in [9.17, 15) is 15.0 Å². The summed E-state index contributed by atoms with van der Waals surface area (Å²) in [6.07, 6.45) is 6.03. The van der Waals surface area contributed by atoms with Crippen LogP contribution in [0.25, 0.3) is 0 Å². The Kier molecular flexibility index (Phi) is 4.24. The molecule has 4 saturated carbocycles. The molecule has 4 aliphatic carbocycles. The number of esters is 1. The van der Waals surface area contributed by atoms with Crippen LogP contribution in [0.1, 0.15) is 86.0 Å². The number of fused-ring (bicyclic) bond motifs is 5. The fourth-order valence-electron chi connectivity index (χ4n) is 10.9. The van der Waals surface area contributed by atoms with E-state index in [0.29, 0.717) is 24.2 Å². The average molecular weight is 475 g/mol. The molecule has 2 N–H and O–H groups in total. The quantitative estimate of drug-likeness (QED) is 0.520. The maximum Gasteiger partial charge on any atom is 0.313 e. The Morgan fingerprint density at radius 3 is 2.47 bits per heavy atom. The second-order valence-corrected chi connectivity index (χ2v) is 14.2. The molecule has 2 spiro atoms. The van der Waals surface area contributed by atoms with Crippen LogP contribution in [-0.2, 0) is 19.0 Å². The van der Waals surface area contributed by atoms with Crippen molar-refractivity contribution in [3.8, 4) is 0 Å². The predicted molar refractivity (Wildman–Crippen MR) is 123 cm³/mol. The summed E-state index contributed by atoms with van der Waals surface area (Å²) in [6, 6.07) is 0. The number of carbonyl (C=O) groups excluding carboxylic acids is 1. The van der Waals surface area contributed by atoms with E-state index in [-0.39, 0.29) is 46.9 Å². The summed E-state index contributed by atoms with van der Waals surface area (Å²) in [7, 11) is 0. The van der Waals surface area contributed by atoms with Crippen molar-refractivity contribution in [1.29, 1.82) is 0 Å². The molecule has 7 rings (SSSR count). The average Bonchev–Trinajstić information content (AvgIpc) is 3.34. The van der Waals surface area contributed by atoms with Crippen molar-refractivity contribution in [2.75, 3.05) is 0 Å². The summed E-state index contributed by atoms with van der Waals surface area (Å²) < 4.78 is 19.9. The number of hydrogen-bond donors (Lipinski definition) is 2. The summed E-state index contributed by atoms with van der Waals surface area (Å²) in [6.45, 7) is 10.8. The van der Waals surface area contributed by atoms with Gasteiger partial charge in [0, 0.05) is 12.3 Å². The Morgan fingerprint density at radius 2 is 1.76 bits per heavy atom. The monoisotopic (exact) mass is 474 g/mol. The molecule has 7 fully saturated rings. The molecular formula is C28H42O6. The maximum atomic E-state index is 13.9. The van der Waals surface area contributed by atoms with Crippen molar-refractivity contribution in [2.24, 2.45) is 46.3 Å². The van der Waals surface area contributed by atoms with Crippen LogP contribution >= 0.6 is 0 Å². The molecule has 0 bridgehead atoms. The van der Waals surface area contributed by atoms with Crippen molar-refractivity contribution in [3.63, 3.8) is 0 Å². The van der Waals surface area contributed by atoms with Gasteiger partial charge in [-0.3, -0.25) is 4.79 Å². The molecule has 3 aliphatic heterocycles. The highest BCUT2D eigenvalue weighted by Crippen LogP contribution is 2.76. The minimum atomic E-state index is -0.889. The largest absolute Gasteiger partial charge is 0.453 e. The van der Waals surface area contributed by atoms with E-state index in [4.69, 9.17) is 14.2 Å². The molecule has 34 heavy (non-hydrogen) atoms. The highest BCUT2D eigenvalue weighted by atomic mass is 16.8. The molecule has 0 amide bonds. The van der Waals surface area contributed by atoms with Gasteiger partial charge in [-0.15, -0.1) is 0 Å². The number of aliphatic hydroxyl groups excluding tert-OH is 2. The van der Waals surface area contributed by atoms with Crippen molar-refractivity contribution in [3.05, 3.63) is 0 Å². The van der Waals surface area contributed by atoms with Gasteiger partial charge in [0.25, 0.3) is 0 Å². The van der Waals surface area contributed by atoms with Gasteiger partial charge in [0.15, 0.2) is 5.60 Å². The summed E-state index contributed by atoms with van der Waals surface area (Å²) in [5.41, 5.74) is -1.78. The first-order chi connectivity index (χ1) is 15.9. The Morgan fingerprint density at radius 1 is 1.00 bits per heavy atom. The number of aliphatic hydroxyl groups is 2. The van der Waals surface area contributed by atoms with Gasteiger partial charge in [-0.05, 0) is 101 Å². The summed E-state index contributed by atoms with van der Waals surface area (Å²) in [5.74, 6) is 0.376. The predicted octanol–water partition coefficient (Wildman–Crippen LogP) is 3.81. The van der Waals surface area contributed by atoms with E-state index in [0.717, 1.165) is 44.9 Å². The standard InChI is InChI=1S/C28H42O6/c1-14-12-28(34-24(14,2)3)26(5)22-20(32-28)11-18-17-7-6-15-10-16(29)8-9-25(15,4)21(17)19(30)13-27(18,22)23(31)33-26/h14-22,29-30H,6-13H2,1-5H3/t14-,15?,16+,17-,18?,19-,20-,21?,22+,25-,26+,27+,28-/m0/s1. The minimum absolute atomic E-state index is 0.0305. The van der Waals surface area contributed by atoms with Gasteiger partial charge in [0.05, 0.1) is 29.3 Å². The van der Waals surface area contributed by atoms with E-state index in [1.165, 1.54) is 0 Å². The second-order valence-electron chi connectivity index (χ2n) is 14.2. The molecule has 6 nitrogen and oxygen atoms in total. The van der Waals surface area contributed by atoms with E-state index >= 15 is 0 Å². The van der Waals surface area contributed by atoms with Crippen LogP contribution in [0, 0.1) is 46.3 Å². The third-order valence-electron chi connectivity index (χ3n) is 12.7. The van der Waals surface area contributed by atoms with Crippen molar-refractivity contribution in [1.82, 2.24) is 0 Å². The topological polar surface area (TPSA) is 85.2 Å². The maximum absolute atomic E-state index is 13.9. The van der Waals surface area contributed by atoms with E-state index in [1.807, 2.05) is 0 Å². The van der Waals surface area contributed by atoms with Crippen LogP contribution in [0.2, 0.25) is 0 Å². The molecule has 0 aromatic rings. The first-order valence-electron chi connectivity index (χ1n) is 13.9. The third-order valence-corrected chi connectivity index (χ3v) is 12.7. The van der Waals surface area contributed by atoms with Gasteiger partial charge in [0.2, 0.25) is 5.79 Å². The molecular weight excluding hydrogens is 432 g/mol. The second kappa shape index (κ2) is 6.41. The van der Waals surface area contributed by atoms with Crippen LogP contribution in [0.3, 0.4) is 0 Å². The highest BCUT2D eigenvalue weighted by Gasteiger charge is 2.85. The minimum Gasteiger partial charge on any atom is -0.453 e. The zero-order valence-electron chi connectivity index (χ0n) is 21.4. The van der Waals surface area contributed by atoms with Gasteiger partial charge in [0.1, 0.15) is 0 Å². The zero-order valence-corrected chi connectivity index (χ0v) is 21.4. The molecule has 0 aromatic heterocycles. The Bertz CT molecular complexity index is 934. The summed E-state index contributed by atoms with van der Waals surface area (Å²) >= 11 is 0. The van der Waals surface area contributed by atoms with Gasteiger partial charge in [-0.1, -0.05) is 13.8 Å². The van der Waals surface area contributed by atoms with E-state index < -0.39 is 22.9 Å². The van der Waals surface area contributed by atoms with E-state index in [2.05, 4.69) is 34.6 Å². The third kappa shape index (κ3) is 2.32. The molecule has 3 unspecified atom stereocenters. The molecule has 6 heteroatoms. The molecule has 7 aliphatic rings. The van der Waals surface area contributed by atoms with Crippen molar-refractivity contribution in [2.45, 2.75) is 121 Å². The fraction of sp³-hybridized carbons (Fsp3) is 0.964. The Hall–Kier alpha value is -0.690. The molecule has 3 heterocycles. The van der Waals surface area contributed by atoms with Gasteiger partial charge in [-0.25, -0.2) is 0 Å². The number of hydrogen-bond acceptors (Lipinski definition) is 6. The lowest BCUT2D eigenvalue weighted by Crippen LogP contribution is -2.61. The molecule has 13 atom stereocenters. The van der Waals surface area contributed by atoms with Gasteiger partial charge < -0.3 is 24.4 Å². The van der Waals surface area contributed by atoms with Gasteiger partial charge in [-0.2, -0.15) is 0 Å². The van der Waals surface area contributed by atoms with E-state index in [1.54, 1.807) is 0 Å².